The van der Waals surface area contributed by atoms with E-state index in [9.17, 15) is 4.79 Å². The largest absolute Gasteiger partial charge is 0.491 e. The highest BCUT2D eigenvalue weighted by Crippen LogP contribution is 2.20. The third-order valence-electron chi connectivity index (χ3n) is 2.07. The summed E-state index contributed by atoms with van der Waals surface area (Å²) in [6, 6.07) is 0. The van der Waals surface area contributed by atoms with Crippen LogP contribution in [0.2, 0.25) is 0 Å². The van der Waals surface area contributed by atoms with Crippen molar-refractivity contribution >= 4 is 11.7 Å². The minimum atomic E-state index is -0.232. The Hall–Kier alpha value is -1.58. The minimum Gasteiger partial charge on any atom is -0.491 e. The van der Waals surface area contributed by atoms with Gasteiger partial charge in [-0.2, -0.15) is 0 Å². The molecule has 0 saturated carbocycles. The predicted molar refractivity (Wildman–Crippen MR) is 59.3 cm³/mol. The molecule has 1 heterocycles. The van der Waals surface area contributed by atoms with Crippen molar-refractivity contribution in [1.82, 2.24) is 0 Å². The molecule has 4 heteroatoms. The van der Waals surface area contributed by atoms with E-state index in [4.69, 9.17) is 10.5 Å². The van der Waals surface area contributed by atoms with Crippen LogP contribution < -0.4 is 5.73 Å². The molecule has 0 aromatic rings. The smallest absolute Gasteiger partial charge is 0.251 e. The number of amides is 1. The molecule has 82 valence electrons. The molecular formula is C11H16N2O2. The zero-order valence-electron chi connectivity index (χ0n) is 9.28. The van der Waals surface area contributed by atoms with Crippen LogP contribution in [0.3, 0.4) is 0 Å². The summed E-state index contributed by atoms with van der Waals surface area (Å²) in [5, 5.41) is 0. The van der Waals surface area contributed by atoms with Gasteiger partial charge in [-0.15, -0.1) is 0 Å². The number of aliphatic imine (C=N–C) groups is 1. The van der Waals surface area contributed by atoms with Crippen molar-refractivity contribution < 1.29 is 9.53 Å². The Bertz CT molecular complexity index is 350. The number of carbonyl (C=O) groups excluding carboxylic acids is 1. The van der Waals surface area contributed by atoms with Gasteiger partial charge in [-0.3, -0.25) is 4.79 Å². The summed E-state index contributed by atoms with van der Waals surface area (Å²) in [5.74, 6) is 0.915. The topological polar surface area (TPSA) is 64.7 Å². The summed E-state index contributed by atoms with van der Waals surface area (Å²) < 4.78 is 5.47. The Morgan fingerprint density at radius 3 is 2.80 bits per heavy atom. The molecule has 0 spiro atoms. The monoisotopic (exact) mass is 208 g/mol. The average Bonchev–Trinajstić information content (AvgIpc) is 2.08. The summed E-state index contributed by atoms with van der Waals surface area (Å²) in [6.45, 7) is 5.39. The summed E-state index contributed by atoms with van der Waals surface area (Å²) in [5.41, 5.74) is 6.25. The molecule has 4 nitrogen and oxygen atoms in total. The molecule has 1 aliphatic heterocycles. The summed E-state index contributed by atoms with van der Waals surface area (Å²) >= 11 is 0. The van der Waals surface area contributed by atoms with Crippen molar-refractivity contribution in [3.63, 3.8) is 0 Å². The molecular weight excluding hydrogens is 192 g/mol. The van der Waals surface area contributed by atoms with Crippen LogP contribution in [-0.4, -0.2) is 17.8 Å². The zero-order valence-corrected chi connectivity index (χ0v) is 9.28. The Morgan fingerprint density at radius 1 is 1.60 bits per heavy atom. The van der Waals surface area contributed by atoms with Crippen LogP contribution in [0.4, 0.5) is 0 Å². The van der Waals surface area contributed by atoms with Crippen molar-refractivity contribution in [3.05, 3.63) is 23.5 Å². The number of allylic oxidation sites excluding steroid dienone is 3. The van der Waals surface area contributed by atoms with E-state index in [1.807, 2.05) is 26.0 Å². The van der Waals surface area contributed by atoms with Crippen molar-refractivity contribution in [2.75, 3.05) is 0 Å². The van der Waals surface area contributed by atoms with E-state index in [2.05, 4.69) is 4.99 Å². The molecule has 1 rings (SSSR count). The van der Waals surface area contributed by atoms with E-state index < -0.39 is 0 Å². The third kappa shape index (κ3) is 3.58. The first-order chi connectivity index (χ1) is 6.99. The Kier molecular flexibility index (Phi) is 3.66. The fourth-order valence-corrected chi connectivity index (χ4v) is 1.37. The molecule has 1 atom stereocenters. The lowest BCUT2D eigenvalue weighted by Gasteiger charge is -2.20. The highest BCUT2D eigenvalue weighted by molar-refractivity contribution is 5.93. The molecule has 15 heavy (non-hydrogen) atoms. The lowest BCUT2D eigenvalue weighted by Crippen LogP contribution is -2.17. The fourth-order valence-electron chi connectivity index (χ4n) is 1.37. The van der Waals surface area contributed by atoms with Gasteiger partial charge in [-0.05, 0) is 32.4 Å². The van der Waals surface area contributed by atoms with Gasteiger partial charge in [0, 0.05) is 0 Å². The van der Waals surface area contributed by atoms with E-state index >= 15 is 0 Å². The third-order valence-corrected chi connectivity index (χ3v) is 2.07. The van der Waals surface area contributed by atoms with E-state index in [0.29, 0.717) is 0 Å². The van der Waals surface area contributed by atoms with E-state index in [-0.39, 0.29) is 24.3 Å². The van der Waals surface area contributed by atoms with Crippen LogP contribution >= 0.6 is 0 Å². The van der Waals surface area contributed by atoms with Gasteiger partial charge in [-0.1, -0.05) is 6.08 Å². The second-order valence-electron chi connectivity index (χ2n) is 3.60. The molecule has 1 unspecified atom stereocenters. The van der Waals surface area contributed by atoms with Crippen LogP contribution in [0.25, 0.3) is 0 Å². The highest BCUT2D eigenvalue weighted by atomic mass is 16.5. The molecule has 1 aliphatic rings. The zero-order chi connectivity index (χ0) is 11.4. The lowest BCUT2D eigenvalue weighted by atomic mass is 10.0. The Labute approximate surface area is 89.5 Å². The van der Waals surface area contributed by atoms with Gasteiger partial charge in [0.2, 0.25) is 0 Å². The van der Waals surface area contributed by atoms with Gasteiger partial charge in [-0.25, -0.2) is 4.99 Å². The number of rotatable bonds is 2. The Balaban J connectivity index is 2.66. The molecule has 2 N–H and O–H groups in total. The Morgan fingerprint density at radius 2 is 2.27 bits per heavy atom. The number of carbonyl (C=O) groups is 1. The first-order valence-corrected chi connectivity index (χ1v) is 4.86. The highest BCUT2D eigenvalue weighted by Gasteiger charge is 2.16. The van der Waals surface area contributed by atoms with Crippen LogP contribution in [0, 0.1) is 0 Å². The standard InChI is InChI=1S/C11H16N2O2/c1-7-4-5-10(8(2)15-7)6-11(14)13-9(3)12/h4-5,8H,6H2,1-3H3,(H2,12,13,14). The maximum absolute atomic E-state index is 11.4. The second kappa shape index (κ2) is 4.77. The van der Waals surface area contributed by atoms with Crippen LogP contribution in [0.1, 0.15) is 27.2 Å². The van der Waals surface area contributed by atoms with Gasteiger partial charge in [0.05, 0.1) is 18.0 Å². The quantitative estimate of drug-likeness (QED) is 0.553. The number of amidine groups is 1. The summed E-state index contributed by atoms with van der Waals surface area (Å²) in [4.78, 5) is 15.0. The van der Waals surface area contributed by atoms with E-state index in [1.54, 1.807) is 6.92 Å². The number of nitrogens with zero attached hydrogens (tertiary/aromatic N) is 1. The summed E-state index contributed by atoms with van der Waals surface area (Å²) in [7, 11) is 0. The van der Waals surface area contributed by atoms with Gasteiger partial charge in [0.15, 0.2) is 0 Å². The molecule has 0 aromatic carbocycles. The first-order valence-electron chi connectivity index (χ1n) is 4.86. The molecule has 0 radical (unpaired) electrons. The minimum absolute atomic E-state index is 0.0627. The number of hydrogen-bond acceptors (Lipinski definition) is 2. The van der Waals surface area contributed by atoms with Crippen LogP contribution in [-0.2, 0) is 9.53 Å². The predicted octanol–water partition coefficient (Wildman–Crippen LogP) is 1.53. The SMILES string of the molecule is CC1=CC=C(CC(=O)N=C(C)N)C(C)O1. The number of hydrogen-bond donors (Lipinski definition) is 1. The normalized spacial score (nSPS) is 21.5. The summed E-state index contributed by atoms with van der Waals surface area (Å²) in [6.07, 6.45) is 3.95. The van der Waals surface area contributed by atoms with Crippen LogP contribution in [0.15, 0.2) is 28.5 Å². The van der Waals surface area contributed by atoms with Crippen molar-refractivity contribution in [1.29, 1.82) is 0 Å². The van der Waals surface area contributed by atoms with Gasteiger partial charge in [0.25, 0.3) is 5.91 Å². The van der Waals surface area contributed by atoms with Crippen molar-refractivity contribution in [3.8, 4) is 0 Å². The second-order valence-corrected chi connectivity index (χ2v) is 3.60. The number of ether oxygens (including phenoxy) is 1. The van der Waals surface area contributed by atoms with Crippen molar-refractivity contribution in [2.45, 2.75) is 33.3 Å². The van der Waals surface area contributed by atoms with Crippen molar-refractivity contribution in [2.24, 2.45) is 10.7 Å². The van der Waals surface area contributed by atoms with E-state index in [0.717, 1.165) is 11.3 Å². The van der Waals surface area contributed by atoms with Gasteiger partial charge >= 0.3 is 0 Å². The number of nitrogens with two attached hydrogens (primary N) is 1. The first kappa shape index (κ1) is 11.5. The lowest BCUT2D eigenvalue weighted by molar-refractivity contribution is -0.117. The molecule has 0 saturated heterocycles. The molecule has 0 fully saturated rings. The molecule has 1 amide bonds. The van der Waals surface area contributed by atoms with E-state index in [1.165, 1.54) is 0 Å². The molecule has 0 bridgehead atoms. The molecule has 0 aliphatic carbocycles. The van der Waals surface area contributed by atoms with Gasteiger partial charge < -0.3 is 10.5 Å². The maximum Gasteiger partial charge on any atom is 0.251 e. The average molecular weight is 208 g/mol. The molecule has 0 aromatic heterocycles. The van der Waals surface area contributed by atoms with Crippen LogP contribution in [0.5, 0.6) is 0 Å². The van der Waals surface area contributed by atoms with Gasteiger partial charge in [0.1, 0.15) is 6.10 Å². The maximum atomic E-state index is 11.4. The fraction of sp³-hybridized carbons (Fsp3) is 0.455.